The van der Waals surface area contributed by atoms with Crippen molar-refractivity contribution in [1.82, 2.24) is 4.90 Å². The quantitative estimate of drug-likeness (QED) is 0.572. The van der Waals surface area contributed by atoms with Gasteiger partial charge in [0.25, 0.3) is 0 Å². The van der Waals surface area contributed by atoms with Gasteiger partial charge in [-0.15, -0.1) is 0 Å². The Morgan fingerprint density at radius 3 is 2.82 bits per heavy atom. The molecule has 2 heterocycles. The number of nitrogens with zero attached hydrogens (tertiary/aromatic N) is 1. The zero-order valence-corrected chi connectivity index (χ0v) is 6.83. The Morgan fingerprint density at radius 1 is 1.36 bits per heavy atom. The van der Waals surface area contributed by atoms with Crippen molar-refractivity contribution in [3.63, 3.8) is 0 Å². The van der Waals surface area contributed by atoms with Gasteiger partial charge in [0.1, 0.15) is 0 Å². The van der Waals surface area contributed by atoms with Crippen molar-refractivity contribution in [2.75, 3.05) is 26.3 Å². The molecular weight excluding hydrogens is 140 g/mol. The lowest BCUT2D eigenvalue weighted by atomic mass is 10.2. The van der Waals surface area contributed by atoms with Crippen LogP contribution in [0.5, 0.6) is 0 Å². The predicted octanol–water partition coefficient (Wildman–Crippen LogP) is -0.192. The second-order valence-electron chi connectivity index (χ2n) is 3.56. The third kappa shape index (κ3) is 1.55. The summed E-state index contributed by atoms with van der Waals surface area (Å²) in [6.07, 6.45) is 2.36. The highest BCUT2D eigenvalue weighted by atomic mass is 16.5. The molecular formula is C8H16N2O. The van der Waals surface area contributed by atoms with Crippen molar-refractivity contribution in [3.05, 3.63) is 0 Å². The van der Waals surface area contributed by atoms with Crippen LogP contribution in [0.2, 0.25) is 0 Å². The molecule has 3 heteroatoms. The topological polar surface area (TPSA) is 38.5 Å². The Labute approximate surface area is 67.5 Å². The standard InChI is InChI=1S/C8H16N2O/c9-7-1-3-10(5-7)8-2-4-11-6-8/h7-8H,1-6,9H2/t7-,8?/m1/s1. The Kier molecular flexibility index (Phi) is 2.11. The highest BCUT2D eigenvalue weighted by molar-refractivity contribution is 4.84. The highest BCUT2D eigenvalue weighted by Gasteiger charge is 2.28. The summed E-state index contributed by atoms with van der Waals surface area (Å²) in [5.74, 6) is 0. The molecule has 0 aliphatic carbocycles. The lowest BCUT2D eigenvalue weighted by molar-refractivity contribution is 0.158. The molecule has 2 aliphatic rings. The minimum absolute atomic E-state index is 0.413. The lowest BCUT2D eigenvalue weighted by Crippen LogP contribution is -2.35. The SMILES string of the molecule is N[C@@H]1CCN(C2CCOC2)C1. The van der Waals surface area contributed by atoms with E-state index < -0.39 is 0 Å². The summed E-state index contributed by atoms with van der Waals surface area (Å²) in [5.41, 5.74) is 5.81. The van der Waals surface area contributed by atoms with Crippen LogP contribution in [0.1, 0.15) is 12.8 Å². The maximum Gasteiger partial charge on any atom is 0.0622 e. The molecule has 2 rings (SSSR count). The van der Waals surface area contributed by atoms with Crippen molar-refractivity contribution in [2.24, 2.45) is 5.73 Å². The predicted molar refractivity (Wildman–Crippen MR) is 43.4 cm³/mol. The summed E-state index contributed by atoms with van der Waals surface area (Å²) in [4.78, 5) is 2.47. The van der Waals surface area contributed by atoms with Gasteiger partial charge >= 0.3 is 0 Å². The van der Waals surface area contributed by atoms with Gasteiger partial charge in [0.15, 0.2) is 0 Å². The summed E-state index contributed by atoms with van der Waals surface area (Å²) in [6, 6.07) is 1.08. The van der Waals surface area contributed by atoms with Crippen molar-refractivity contribution >= 4 is 0 Å². The zero-order chi connectivity index (χ0) is 7.68. The minimum atomic E-state index is 0.413. The second-order valence-corrected chi connectivity index (χ2v) is 3.56. The first-order chi connectivity index (χ1) is 5.36. The minimum Gasteiger partial charge on any atom is -0.380 e. The van der Waals surface area contributed by atoms with Gasteiger partial charge in [0.05, 0.1) is 6.61 Å². The Balaban J connectivity index is 1.85. The molecule has 2 atom stereocenters. The van der Waals surface area contributed by atoms with Gasteiger partial charge in [0, 0.05) is 31.8 Å². The highest BCUT2D eigenvalue weighted by Crippen LogP contribution is 2.17. The third-order valence-electron chi connectivity index (χ3n) is 2.68. The number of hydrogen-bond donors (Lipinski definition) is 1. The number of nitrogens with two attached hydrogens (primary N) is 1. The van der Waals surface area contributed by atoms with Crippen LogP contribution in [-0.4, -0.2) is 43.3 Å². The van der Waals surface area contributed by atoms with Gasteiger partial charge in [-0.2, -0.15) is 0 Å². The monoisotopic (exact) mass is 156 g/mol. The number of rotatable bonds is 1. The van der Waals surface area contributed by atoms with Crippen LogP contribution in [0, 0.1) is 0 Å². The zero-order valence-electron chi connectivity index (χ0n) is 6.83. The number of hydrogen-bond acceptors (Lipinski definition) is 3. The van der Waals surface area contributed by atoms with E-state index >= 15 is 0 Å². The maximum absolute atomic E-state index is 5.81. The molecule has 2 aliphatic heterocycles. The molecule has 0 radical (unpaired) electrons. The van der Waals surface area contributed by atoms with E-state index in [1.54, 1.807) is 0 Å². The van der Waals surface area contributed by atoms with Crippen molar-refractivity contribution < 1.29 is 4.74 Å². The summed E-state index contributed by atoms with van der Waals surface area (Å²) < 4.78 is 5.32. The van der Waals surface area contributed by atoms with Crippen molar-refractivity contribution in [3.8, 4) is 0 Å². The first-order valence-electron chi connectivity index (χ1n) is 4.43. The number of ether oxygens (including phenoxy) is 1. The maximum atomic E-state index is 5.81. The Morgan fingerprint density at radius 2 is 2.27 bits per heavy atom. The molecule has 0 amide bonds. The normalized spacial score (nSPS) is 40.1. The first kappa shape index (κ1) is 7.53. The van der Waals surface area contributed by atoms with Gasteiger partial charge in [0.2, 0.25) is 0 Å². The molecule has 0 aromatic carbocycles. The van der Waals surface area contributed by atoms with E-state index in [4.69, 9.17) is 10.5 Å². The molecule has 0 bridgehead atoms. The molecule has 0 aromatic rings. The molecule has 64 valence electrons. The third-order valence-corrected chi connectivity index (χ3v) is 2.68. The van der Waals surface area contributed by atoms with Crippen molar-refractivity contribution in [1.29, 1.82) is 0 Å². The Hall–Kier alpha value is -0.120. The summed E-state index contributed by atoms with van der Waals surface area (Å²) in [5, 5.41) is 0. The lowest BCUT2D eigenvalue weighted by Gasteiger charge is -2.21. The Bertz CT molecular complexity index is 134. The first-order valence-corrected chi connectivity index (χ1v) is 4.43. The van der Waals surface area contributed by atoms with Crippen LogP contribution in [0.15, 0.2) is 0 Å². The molecule has 1 unspecified atom stereocenters. The summed E-state index contributed by atoms with van der Waals surface area (Å²) >= 11 is 0. The van der Waals surface area contributed by atoms with Gasteiger partial charge in [-0.1, -0.05) is 0 Å². The van der Waals surface area contributed by atoms with Crippen LogP contribution in [0.3, 0.4) is 0 Å². The van der Waals surface area contributed by atoms with Gasteiger partial charge in [-0.05, 0) is 12.8 Å². The van der Waals surface area contributed by atoms with Crippen LogP contribution in [0.25, 0.3) is 0 Å². The van der Waals surface area contributed by atoms with Gasteiger partial charge in [-0.3, -0.25) is 4.90 Å². The van der Waals surface area contributed by atoms with Crippen LogP contribution < -0.4 is 5.73 Å². The average Bonchev–Trinajstić information content (AvgIpc) is 2.55. The largest absolute Gasteiger partial charge is 0.380 e. The molecule has 2 saturated heterocycles. The van der Waals surface area contributed by atoms with E-state index in [1.165, 1.54) is 13.0 Å². The molecule has 3 nitrogen and oxygen atoms in total. The molecule has 11 heavy (non-hydrogen) atoms. The number of likely N-dealkylation sites (tertiary alicyclic amines) is 1. The fraction of sp³-hybridized carbons (Fsp3) is 1.00. The molecule has 2 N–H and O–H groups in total. The van der Waals surface area contributed by atoms with Crippen molar-refractivity contribution in [2.45, 2.75) is 24.9 Å². The van der Waals surface area contributed by atoms with Gasteiger partial charge in [-0.25, -0.2) is 0 Å². The van der Waals surface area contributed by atoms with Crippen LogP contribution in [-0.2, 0) is 4.74 Å². The van der Waals surface area contributed by atoms with Crippen LogP contribution in [0.4, 0.5) is 0 Å². The van der Waals surface area contributed by atoms with E-state index in [-0.39, 0.29) is 0 Å². The van der Waals surface area contributed by atoms with E-state index in [0.717, 1.165) is 26.2 Å². The van der Waals surface area contributed by atoms with Crippen LogP contribution >= 0.6 is 0 Å². The average molecular weight is 156 g/mol. The fourth-order valence-corrected chi connectivity index (χ4v) is 1.96. The summed E-state index contributed by atoms with van der Waals surface area (Å²) in [6.45, 7) is 4.12. The second kappa shape index (κ2) is 3.09. The molecule has 2 fully saturated rings. The molecule has 0 spiro atoms. The van der Waals surface area contributed by atoms with Gasteiger partial charge < -0.3 is 10.5 Å². The summed E-state index contributed by atoms with van der Waals surface area (Å²) in [7, 11) is 0. The smallest absolute Gasteiger partial charge is 0.0622 e. The van der Waals surface area contributed by atoms with E-state index in [9.17, 15) is 0 Å². The van der Waals surface area contributed by atoms with E-state index in [2.05, 4.69) is 4.90 Å². The molecule has 0 saturated carbocycles. The fourth-order valence-electron chi connectivity index (χ4n) is 1.96. The van der Waals surface area contributed by atoms with E-state index in [1.807, 2.05) is 0 Å². The molecule has 0 aromatic heterocycles. The van der Waals surface area contributed by atoms with E-state index in [0.29, 0.717) is 12.1 Å².